The average Bonchev–Trinajstić information content (AvgIpc) is 3.44. The number of carbonyl (C=O) groups is 2. The number of pyridine rings is 2. The number of hydrogen-bond acceptors (Lipinski definition) is 4. The molecule has 0 bridgehead atoms. The summed E-state index contributed by atoms with van der Waals surface area (Å²) in [5.74, 6) is -1.64. The van der Waals surface area contributed by atoms with E-state index in [9.17, 15) is 18.4 Å². The number of halogens is 2. The molecule has 3 rings (SSSR count). The monoisotopic (exact) mass is 346 g/mol. The maximum absolute atomic E-state index is 12.9. The van der Waals surface area contributed by atoms with Crippen molar-refractivity contribution in [2.24, 2.45) is 5.92 Å². The van der Waals surface area contributed by atoms with Gasteiger partial charge in [-0.25, -0.2) is 18.7 Å². The second-order valence-electron chi connectivity index (χ2n) is 5.85. The van der Waals surface area contributed by atoms with Crippen molar-refractivity contribution >= 4 is 11.8 Å². The third kappa shape index (κ3) is 4.56. The van der Waals surface area contributed by atoms with Crippen LogP contribution < -0.4 is 10.6 Å². The fourth-order valence-electron chi connectivity index (χ4n) is 2.39. The molecule has 1 atom stereocenters. The number of hydrogen-bond donors (Lipinski definition) is 2. The zero-order valence-corrected chi connectivity index (χ0v) is 13.2. The van der Waals surface area contributed by atoms with Gasteiger partial charge in [0.05, 0.1) is 12.4 Å². The van der Waals surface area contributed by atoms with E-state index < -0.39 is 23.4 Å². The summed E-state index contributed by atoms with van der Waals surface area (Å²) in [6.45, 7) is 0.218. The van der Waals surface area contributed by atoms with Crippen LogP contribution in [0.5, 0.6) is 0 Å². The lowest BCUT2D eigenvalue weighted by atomic mass is 10.1. The first-order chi connectivity index (χ1) is 12.0. The minimum absolute atomic E-state index is 0.0995. The van der Waals surface area contributed by atoms with Gasteiger partial charge in [-0.05, 0) is 43.0 Å². The maximum atomic E-state index is 12.9. The topological polar surface area (TPSA) is 84.0 Å². The van der Waals surface area contributed by atoms with Crippen LogP contribution in [0.25, 0.3) is 0 Å². The van der Waals surface area contributed by atoms with Crippen LogP contribution in [0.15, 0.2) is 36.7 Å². The Morgan fingerprint density at radius 1 is 1.00 bits per heavy atom. The number of nitrogens with zero attached hydrogens (tertiary/aromatic N) is 2. The van der Waals surface area contributed by atoms with E-state index in [1.165, 1.54) is 12.1 Å². The molecule has 2 aromatic heterocycles. The van der Waals surface area contributed by atoms with Gasteiger partial charge in [-0.1, -0.05) is 0 Å². The van der Waals surface area contributed by atoms with Crippen LogP contribution in [0.2, 0.25) is 0 Å². The molecule has 1 saturated carbocycles. The number of aromatic nitrogens is 2. The molecule has 0 radical (unpaired) electrons. The highest BCUT2D eigenvalue weighted by Crippen LogP contribution is 2.32. The molecule has 0 aromatic carbocycles. The van der Waals surface area contributed by atoms with Crippen molar-refractivity contribution in [2.45, 2.75) is 18.9 Å². The highest BCUT2D eigenvalue weighted by molar-refractivity contribution is 5.93. The molecule has 1 fully saturated rings. The molecule has 6 nitrogen and oxygen atoms in total. The van der Waals surface area contributed by atoms with E-state index in [2.05, 4.69) is 20.6 Å². The van der Waals surface area contributed by atoms with E-state index in [0.29, 0.717) is 0 Å². The first-order valence-electron chi connectivity index (χ1n) is 7.85. The summed E-state index contributed by atoms with van der Waals surface area (Å²) in [6.07, 6.45) is 3.84. The van der Waals surface area contributed by atoms with Gasteiger partial charge < -0.3 is 10.6 Å². The second kappa shape index (κ2) is 7.33. The molecule has 0 spiro atoms. The summed E-state index contributed by atoms with van der Waals surface area (Å²) in [7, 11) is 0. The summed E-state index contributed by atoms with van der Waals surface area (Å²) in [5, 5.41) is 5.50. The lowest BCUT2D eigenvalue weighted by Crippen LogP contribution is -2.45. The minimum atomic E-state index is -0.522. The second-order valence-corrected chi connectivity index (χ2v) is 5.85. The normalized spacial score (nSPS) is 14.6. The van der Waals surface area contributed by atoms with Crippen molar-refractivity contribution in [3.63, 3.8) is 0 Å². The third-order valence-electron chi connectivity index (χ3n) is 3.91. The smallest absolute Gasteiger partial charge is 0.270 e. The highest BCUT2D eigenvalue weighted by atomic mass is 19.1. The number of rotatable bonds is 6. The number of amides is 2. The summed E-state index contributed by atoms with van der Waals surface area (Å²) in [4.78, 5) is 31.7. The van der Waals surface area contributed by atoms with E-state index >= 15 is 0 Å². The van der Waals surface area contributed by atoms with Crippen LogP contribution in [-0.2, 0) is 0 Å². The zero-order valence-electron chi connectivity index (χ0n) is 13.2. The molecule has 1 aliphatic rings. The van der Waals surface area contributed by atoms with Crippen LogP contribution in [0.1, 0.15) is 33.8 Å². The molecular formula is C17H16F2N4O2. The van der Waals surface area contributed by atoms with Crippen LogP contribution in [0.4, 0.5) is 8.78 Å². The molecule has 2 amide bonds. The van der Waals surface area contributed by atoms with Crippen LogP contribution in [0, 0.1) is 17.6 Å². The van der Waals surface area contributed by atoms with Crippen molar-refractivity contribution in [1.29, 1.82) is 0 Å². The van der Waals surface area contributed by atoms with E-state index in [0.717, 1.165) is 37.4 Å². The average molecular weight is 346 g/mol. The first-order valence-corrected chi connectivity index (χ1v) is 7.85. The SMILES string of the molecule is O=C(NCC(NC(=O)c1ccc(F)cn1)C1CC1)c1ccc(F)cn1. The van der Waals surface area contributed by atoms with Crippen LogP contribution in [0.3, 0.4) is 0 Å². The number of carbonyl (C=O) groups excluding carboxylic acids is 2. The van der Waals surface area contributed by atoms with E-state index in [1.807, 2.05) is 0 Å². The standard InChI is InChI=1S/C17H16F2N4O2/c18-11-3-5-13(20-7-11)16(24)22-9-15(10-1-2-10)23-17(25)14-6-4-12(19)8-21-14/h3-8,10,15H,1-2,9H2,(H,22,24)(H,23,25). The lowest BCUT2D eigenvalue weighted by molar-refractivity contribution is 0.0898. The Morgan fingerprint density at radius 2 is 1.56 bits per heavy atom. The Balaban J connectivity index is 1.58. The van der Waals surface area contributed by atoms with Crippen molar-refractivity contribution < 1.29 is 18.4 Å². The quantitative estimate of drug-likeness (QED) is 0.834. The van der Waals surface area contributed by atoms with Gasteiger partial charge in [-0.3, -0.25) is 9.59 Å². The fourth-order valence-corrected chi connectivity index (χ4v) is 2.39. The van der Waals surface area contributed by atoms with E-state index in [-0.39, 0.29) is 29.9 Å². The summed E-state index contributed by atoms with van der Waals surface area (Å²) in [5.41, 5.74) is 0.209. The van der Waals surface area contributed by atoms with Gasteiger partial charge in [0.15, 0.2) is 0 Å². The third-order valence-corrected chi connectivity index (χ3v) is 3.91. The molecular weight excluding hydrogens is 330 g/mol. The van der Waals surface area contributed by atoms with Crippen molar-refractivity contribution in [3.8, 4) is 0 Å². The fraction of sp³-hybridized carbons (Fsp3) is 0.294. The van der Waals surface area contributed by atoms with Crippen molar-refractivity contribution in [3.05, 3.63) is 59.7 Å². The molecule has 0 saturated heterocycles. The van der Waals surface area contributed by atoms with Gasteiger partial charge in [0, 0.05) is 12.6 Å². The van der Waals surface area contributed by atoms with Gasteiger partial charge in [0.25, 0.3) is 11.8 Å². The molecule has 2 aromatic rings. The summed E-state index contributed by atoms with van der Waals surface area (Å²) < 4.78 is 25.7. The van der Waals surface area contributed by atoms with Crippen LogP contribution >= 0.6 is 0 Å². The van der Waals surface area contributed by atoms with E-state index in [4.69, 9.17) is 0 Å². The molecule has 2 N–H and O–H groups in total. The maximum Gasteiger partial charge on any atom is 0.270 e. The predicted octanol–water partition coefficient (Wildman–Crippen LogP) is 1.69. The largest absolute Gasteiger partial charge is 0.349 e. The molecule has 0 aliphatic heterocycles. The van der Waals surface area contributed by atoms with Gasteiger partial charge >= 0.3 is 0 Å². The van der Waals surface area contributed by atoms with E-state index in [1.54, 1.807) is 0 Å². The predicted molar refractivity (Wildman–Crippen MR) is 84.7 cm³/mol. The lowest BCUT2D eigenvalue weighted by Gasteiger charge is -2.18. The molecule has 8 heteroatoms. The Morgan fingerprint density at radius 3 is 2.04 bits per heavy atom. The number of nitrogens with one attached hydrogen (secondary N) is 2. The van der Waals surface area contributed by atoms with Gasteiger partial charge in [0.1, 0.15) is 23.0 Å². The van der Waals surface area contributed by atoms with Crippen LogP contribution in [-0.4, -0.2) is 34.4 Å². The Hall–Kier alpha value is -2.90. The molecule has 2 heterocycles. The summed E-state index contributed by atoms with van der Waals surface area (Å²) in [6, 6.07) is 4.65. The summed E-state index contributed by atoms with van der Waals surface area (Å²) >= 11 is 0. The molecule has 1 aliphatic carbocycles. The Bertz CT molecular complexity index is 761. The molecule has 1 unspecified atom stereocenters. The Kier molecular flexibility index (Phi) is 4.97. The van der Waals surface area contributed by atoms with Gasteiger partial charge in [-0.2, -0.15) is 0 Å². The van der Waals surface area contributed by atoms with Crippen molar-refractivity contribution in [2.75, 3.05) is 6.54 Å². The highest BCUT2D eigenvalue weighted by Gasteiger charge is 2.33. The zero-order chi connectivity index (χ0) is 17.8. The molecule has 25 heavy (non-hydrogen) atoms. The Labute approximate surface area is 142 Å². The molecule has 130 valence electrons. The first kappa shape index (κ1) is 16.9. The van der Waals surface area contributed by atoms with Gasteiger partial charge in [0.2, 0.25) is 0 Å². The minimum Gasteiger partial charge on any atom is -0.349 e. The van der Waals surface area contributed by atoms with Crippen molar-refractivity contribution in [1.82, 2.24) is 20.6 Å². The van der Waals surface area contributed by atoms with Gasteiger partial charge in [-0.15, -0.1) is 0 Å².